The molecular weight excluding hydrogens is 378 g/mol. The average molecular weight is 403 g/mol. The minimum Gasteiger partial charge on any atom is -0.463 e. The standard InChI is InChI=1S/C20H25N3O6/c1-4-14-16(19(26)28-5-2)15(23-20(27)22-14)11-29-18(25)12(3)21-17(24)13-9-7-6-8-10-13/h6-10,12,14H,4-5,11H2,1-3H3,(H,21,24)(H2,22,23,27)/t12-,14+/m0/s1. The van der Waals surface area contributed by atoms with Crippen LogP contribution in [0.2, 0.25) is 0 Å². The van der Waals surface area contributed by atoms with Crippen molar-refractivity contribution in [3.63, 3.8) is 0 Å². The Hall–Kier alpha value is -3.36. The fourth-order valence-corrected chi connectivity index (χ4v) is 2.77. The van der Waals surface area contributed by atoms with Gasteiger partial charge in [-0.2, -0.15) is 0 Å². The number of nitrogens with one attached hydrogen (secondary N) is 3. The molecule has 1 heterocycles. The average Bonchev–Trinajstić information content (AvgIpc) is 2.71. The van der Waals surface area contributed by atoms with E-state index in [9.17, 15) is 19.2 Å². The van der Waals surface area contributed by atoms with E-state index < -0.39 is 36.0 Å². The number of hydrogen-bond acceptors (Lipinski definition) is 6. The molecule has 9 nitrogen and oxygen atoms in total. The molecule has 1 aliphatic rings. The third kappa shape index (κ3) is 5.81. The van der Waals surface area contributed by atoms with E-state index in [4.69, 9.17) is 9.47 Å². The SMILES string of the molecule is CCOC(=O)C1=C(COC(=O)[C@H](C)NC(=O)c2ccccc2)NC(=O)N[C@@H]1CC. The van der Waals surface area contributed by atoms with Crippen molar-refractivity contribution in [1.82, 2.24) is 16.0 Å². The molecule has 9 heteroatoms. The van der Waals surface area contributed by atoms with Crippen LogP contribution in [0.3, 0.4) is 0 Å². The highest BCUT2D eigenvalue weighted by Crippen LogP contribution is 2.17. The lowest BCUT2D eigenvalue weighted by Crippen LogP contribution is -2.51. The van der Waals surface area contributed by atoms with Crippen molar-refractivity contribution in [2.45, 2.75) is 39.3 Å². The second-order valence-electron chi connectivity index (χ2n) is 6.34. The molecule has 29 heavy (non-hydrogen) atoms. The first-order valence-electron chi connectivity index (χ1n) is 9.37. The summed E-state index contributed by atoms with van der Waals surface area (Å²) in [6.45, 7) is 4.80. The van der Waals surface area contributed by atoms with E-state index in [1.165, 1.54) is 6.92 Å². The normalized spacial score (nSPS) is 16.9. The summed E-state index contributed by atoms with van der Waals surface area (Å²) in [5.41, 5.74) is 0.785. The van der Waals surface area contributed by atoms with Gasteiger partial charge in [0.15, 0.2) is 0 Å². The van der Waals surface area contributed by atoms with Gasteiger partial charge in [-0.15, -0.1) is 0 Å². The summed E-state index contributed by atoms with van der Waals surface area (Å²) in [4.78, 5) is 48.6. The van der Waals surface area contributed by atoms with Crippen molar-refractivity contribution in [3.8, 4) is 0 Å². The molecule has 2 atom stereocenters. The molecule has 156 valence electrons. The molecule has 2 rings (SSSR count). The number of urea groups is 1. The van der Waals surface area contributed by atoms with E-state index in [0.717, 1.165) is 0 Å². The van der Waals surface area contributed by atoms with E-state index in [-0.39, 0.29) is 24.5 Å². The minimum atomic E-state index is -0.922. The molecule has 0 saturated heterocycles. The van der Waals surface area contributed by atoms with E-state index in [1.807, 2.05) is 0 Å². The molecule has 1 aromatic carbocycles. The van der Waals surface area contributed by atoms with Gasteiger partial charge in [-0.25, -0.2) is 14.4 Å². The van der Waals surface area contributed by atoms with E-state index in [0.29, 0.717) is 12.0 Å². The first kappa shape index (κ1) is 21.9. The zero-order valence-electron chi connectivity index (χ0n) is 16.6. The van der Waals surface area contributed by atoms with Crippen molar-refractivity contribution >= 4 is 23.9 Å². The second-order valence-corrected chi connectivity index (χ2v) is 6.34. The summed E-state index contributed by atoms with van der Waals surface area (Å²) in [5, 5.41) is 7.67. The lowest BCUT2D eigenvalue weighted by molar-refractivity contribution is -0.145. The topological polar surface area (TPSA) is 123 Å². The zero-order valence-corrected chi connectivity index (χ0v) is 16.6. The fraction of sp³-hybridized carbons (Fsp3) is 0.400. The molecule has 1 aliphatic heterocycles. The van der Waals surface area contributed by atoms with Crippen LogP contribution < -0.4 is 16.0 Å². The van der Waals surface area contributed by atoms with Crippen LogP contribution in [0.1, 0.15) is 37.6 Å². The van der Waals surface area contributed by atoms with Crippen LogP contribution in [0.25, 0.3) is 0 Å². The van der Waals surface area contributed by atoms with Crippen LogP contribution in [0.15, 0.2) is 41.6 Å². The molecular formula is C20H25N3O6. The van der Waals surface area contributed by atoms with Crippen LogP contribution in [0.5, 0.6) is 0 Å². The first-order valence-corrected chi connectivity index (χ1v) is 9.37. The molecule has 0 aromatic heterocycles. The molecule has 0 unspecified atom stereocenters. The molecule has 0 spiro atoms. The van der Waals surface area contributed by atoms with Crippen LogP contribution in [0, 0.1) is 0 Å². The molecule has 0 bridgehead atoms. The summed E-state index contributed by atoms with van der Waals surface area (Å²) < 4.78 is 10.3. The van der Waals surface area contributed by atoms with Gasteiger partial charge in [-0.1, -0.05) is 25.1 Å². The number of esters is 2. The van der Waals surface area contributed by atoms with Crippen molar-refractivity contribution in [2.24, 2.45) is 0 Å². The summed E-state index contributed by atoms with van der Waals surface area (Å²) in [5.74, 6) is -1.71. The number of carbonyl (C=O) groups excluding carboxylic acids is 4. The highest BCUT2D eigenvalue weighted by Gasteiger charge is 2.32. The number of rotatable bonds is 8. The lowest BCUT2D eigenvalue weighted by atomic mass is 10.0. The summed E-state index contributed by atoms with van der Waals surface area (Å²) in [6.07, 6.45) is 0.461. The van der Waals surface area contributed by atoms with Gasteiger partial charge in [0.1, 0.15) is 12.6 Å². The van der Waals surface area contributed by atoms with Crippen molar-refractivity contribution in [3.05, 3.63) is 47.2 Å². The maximum atomic E-state index is 12.3. The first-order chi connectivity index (χ1) is 13.9. The number of amides is 3. The van der Waals surface area contributed by atoms with Gasteiger partial charge in [-0.05, 0) is 32.4 Å². The number of carbonyl (C=O) groups is 4. The summed E-state index contributed by atoms with van der Waals surface area (Å²) in [6, 6.07) is 6.48. The van der Waals surface area contributed by atoms with Gasteiger partial charge >= 0.3 is 18.0 Å². The molecule has 0 aliphatic carbocycles. The highest BCUT2D eigenvalue weighted by atomic mass is 16.5. The maximum absolute atomic E-state index is 12.3. The predicted octanol–water partition coefficient (Wildman–Crippen LogP) is 1.26. The Bertz CT molecular complexity index is 806. The smallest absolute Gasteiger partial charge is 0.338 e. The van der Waals surface area contributed by atoms with Gasteiger partial charge in [0.05, 0.1) is 23.9 Å². The quantitative estimate of drug-likeness (QED) is 0.562. The van der Waals surface area contributed by atoms with Gasteiger partial charge in [0, 0.05) is 5.56 Å². The highest BCUT2D eigenvalue weighted by molar-refractivity contribution is 5.97. The minimum absolute atomic E-state index is 0.161. The molecule has 3 N–H and O–H groups in total. The third-order valence-electron chi connectivity index (χ3n) is 4.24. The van der Waals surface area contributed by atoms with Crippen molar-refractivity contribution < 1.29 is 28.7 Å². The zero-order chi connectivity index (χ0) is 21.4. The van der Waals surface area contributed by atoms with Gasteiger partial charge < -0.3 is 25.4 Å². The molecule has 1 aromatic rings. The Balaban J connectivity index is 2.05. The Labute approximate surface area is 168 Å². The predicted molar refractivity (Wildman–Crippen MR) is 104 cm³/mol. The maximum Gasteiger partial charge on any atom is 0.338 e. The van der Waals surface area contributed by atoms with Crippen LogP contribution in [-0.4, -0.2) is 49.2 Å². The largest absolute Gasteiger partial charge is 0.463 e. The number of ether oxygens (including phenoxy) is 2. The number of benzene rings is 1. The Morgan fingerprint density at radius 2 is 1.83 bits per heavy atom. The third-order valence-corrected chi connectivity index (χ3v) is 4.24. The van der Waals surface area contributed by atoms with Gasteiger partial charge in [0.2, 0.25) is 0 Å². The second kappa shape index (κ2) is 10.3. The van der Waals surface area contributed by atoms with Gasteiger partial charge in [0.25, 0.3) is 5.91 Å². The van der Waals surface area contributed by atoms with E-state index in [1.54, 1.807) is 44.2 Å². The molecule has 0 fully saturated rings. The van der Waals surface area contributed by atoms with Crippen LogP contribution in [0.4, 0.5) is 4.79 Å². The Kier molecular flexibility index (Phi) is 7.76. The summed E-state index contributed by atoms with van der Waals surface area (Å²) >= 11 is 0. The Morgan fingerprint density at radius 1 is 1.14 bits per heavy atom. The summed E-state index contributed by atoms with van der Waals surface area (Å²) in [7, 11) is 0. The Morgan fingerprint density at radius 3 is 2.45 bits per heavy atom. The lowest BCUT2D eigenvalue weighted by Gasteiger charge is -2.28. The fourth-order valence-electron chi connectivity index (χ4n) is 2.77. The van der Waals surface area contributed by atoms with E-state index in [2.05, 4.69) is 16.0 Å². The van der Waals surface area contributed by atoms with Crippen LogP contribution >= 0.6 is 0 Å². The molecule has 0 saturated carbocycles. The van der Waals surface area contributed by atoms with E-state index >= 15 is 0 Å². The molecule has 0 radical (unpaired) electrons. The van der Waals surface area contributed by atoms with Crippen LogP contribution in [-0.2, 0) is 19.1 Å². The van der Waals surface area contributed by atoms with Crippen molar-refractivity contribution in [2.75, 3.05) is 13.2 Å². The molecule has 3 amide bonds. The van der Waals surface area contributed by atoms with Crippen molar-refractivity contribution in [1.29, 1.82) is 0 Å². The van der Waals surface area contributed by atoms with Gasteiger partial charge in [-0.3, -0.25) is 4.79 Å². The number of hydrogen-bond donors (Lipinski definition) is 3. The monoisotopic (exact) mass is 403 g/mol.